The maximum absolute atomic E-state index is 4.68. The van der Waals surface area contributed by atoms with E-state index in [9.17, 15) is 0 Å². The van der Waals surface area contributed by atoms with Crippen molar-refractivity contribution in [2.45, 2.75) is 12.8 Å². The Morgan fingerprint density at radius 1 is 1.23 bits per heavy atom. The Bertz CT molecular complexity index is 626. The van der Waals surface area contributed by atoms with Gasteiger partial charge in [-0.25, -0.2) is 4.98 Å². The summed E-state index contributed by atoms with van der Waals surface area (Å²) in [7, 11) is 4.13. The van der Waals surface area contributed by atoms with Gasteiger partial charge in [0, 0.05) is 31.5 Å². The minimum absolute atomic E-state index is 0.780. The quantitative estimate of drug-likeness (QED) is 0.919. The Labute approximate surface area is 132 Å². The fourth-order valence-electron chi connectivity index (χ4n) is 2.73. The molecule has 2 aromatic rings. The highest BCUT2D eigenvalue weighted by atomic mass is 15.3. The molecule has 1 aromatic carbocycles. The Morgan fingerprint density at radius 3 is 2.95 bits per heavy atom. The number of aromatic nitrogens is 2. The van der Waals surface area contributed by atoms with E-state index >= 15 is 0 Å². The van der Waals surface area contributed by atoms with Gasteiger partial charge >= 0.3 is 0 Å². The molecule has 0 radical (unpaired) electrons. The fourth-order valence-corrected chi connectivity index (χ4v) is 2.73. The summed E-state index contributed by atoms with van der Waals surface area (Å²) in [5.74, 6) is 1.66. The van der Waals surface area contributed by atoms with Crippen LogP contribution in [0.25, 0.3) is 0 Å². The lowest BCUT2D eigenvalue weighted by molar-refractivity contribution is 0.425. The van der Waals surface area contributed by atoms with Crippen LogP contribution in [0.5, 0.6) is 0 Å². The fraction of sp³-hybridized carbons (Fsp3) is 0.412. The van der Waals surface area contributed by atoms with E-state index < -0.39 is 0 Å². The number of fused-ring (bicyclic) bond motifs is 1. The molecule has 3 rings (SSSR count). The lowest BCUT2D eigenvalue weighted by Gasteiger charge is -2.29. The average molecular weight is 297 g/mol. The van der Waals surface area contributed by atoms with Gasteiger partial charge in [-0.2, -0.15) is 4.98 Å². The Kier molecular flexibility index (Phi) is 4.53. The second-order valence-corrected chi connectivity index (χ2v) is 5.86. The summed E-state index contributed by atoms with van der Waals surface area (Å²) < 4.78 is 0. The number of para-hydroxylation sites is 1. The molecular weight excluding hydrogens is 274 g/mol. The molecule has 0 atom stereocenters. The monoisotopic (exact) mass is 297 g/mol. The van der Waals surface area contributed by atoms with E-state index in [2.05, 4.69) is 63.4 Å². The first-order valence-electron chi connectivity index (χ1n) is 7.81. The highest BCUT2D eigenvalue weighted by Gasteiger charge is 2.19. The summed E-state index contributed by atoms with van der Waals surface area (Å²) in [6, 6.07) is 10.5. The smallest absolute Gasteiger partial charge is 0.231 e. The maximum atomic E-state index is 4.68. The second kappa shape index (κ2) is 6.75. The molecule has 1 aliphatic heterocycles. The minimum atomic E-state index is 0.780. The molecule has 0 bridgehead atoms. The number of benzene rings is 1. The molecule has 5 heteroatoms. The van der Waals surface area contributed by atoms with Crippen LogP contribution in [0, 0.1) is 0 Å². The standard InChI is InChI=1S/C17H23N5/c1-21(2)13-11-18-16-9-10-19-17(20-16)22-12-5-7-14-6-3-4-8-15(14)22/h3-4,6,8-10H,5,7,11-13H2,1-2H3,(H,18,19,20). The van der Waals surface area contributed by atoms with Crippen LogP contribution in [0.1, 0.15) is 12.0 Å². The summed E-state index contributed by atoms with van der Waals surface area (Å²) in [4.78, 5) is 13.5. The molecule has 1 aromatic heterocycles. The van der Waals surface area contributed by atoms with Crippen LogP contribution >= 0.6 is 0 Å². The molecule has 0 aliphatic carbocycles. The lowest BCUT2D eigenvalue weighted by Crippen LogP contribution is -2.26. The van der Waals surface area contributed by atoms with Gasteiger partial charge in [0.25, 0.3) is 0 Å². The van der Waals surface area contributed by atoms with Gasteiger partial charge in [0.2, 0.25) is 5.95 Å². The number of nitrogens with one attached hydrogen (secondary N) is 1. The summed E-state index contributed by atoms with van der Waals surface area (Å²) in [6.45, 7) is 2.82. The van der Waals surface area contributed by atoms with Crippen molar-refractivity contribution in [3.8, 4) is 0 Å². The number of anilines is 3. The predicted octanol–water partition coefficient (Wildman–Crippen LogP) is 2.53. The predicted molar refractivity (Wildman–Crippen MR) is 90.8 cm³/mol. The van der Waals surface area contributed by atoms with Crippen molar-refractivity contribution in [2.24, 2.45) is 0 Å². The van der Waals surface area contributed by atoms with E-state index in [0.29, 0.717) is 0 Å². The van der Waals surface area contributed by atoms with Crippen molar-refractivity contribution < 1.29 is 0 Å². The second-order valence-electron chi connectivity index (χ2n) is 5.86. The first kappa shape index (κ1) is 14.8. The molecule has 22 heavy (non-hydrogen) atoms. The SMILES string of the molecule is CN(C)CCNc1ccnc(N2CCCc3ccccc32)n1. The van der Waals surface area contributed by atoms with Gasteiger partial charge in [-0.15, -0.1) is 0 Å². The van der Waals surface area contributed by atoms with Crippen LogP contribution in [-0.2, 0) is 6.42 Å². The summed E-state index contributed by atoms with van der Waals surface area (Å²) in [5.41, 5.74) is 2.61. The first-order valence-corrected chi connectivity index (χ1v) is 7.81. The Morgan fingerprint density at radius 2 is 2.09 bits per heavy atom. The summed E-state index contributed by atoms with van der Waals surface area (Å²) in [6.07, 6.45) is 4.10. The highest BCUT2D eigenvalue weighted by molar-refractivity contribution is 5.64. The van der Waals surface area contributed by atoms with Crippen LogP contribution in [-0.4, -0.2) is 48.6 Å². The molecule has 0 fully saturated rings. The molecule has 2 heterocycles. The molecule has 5 nitrogen and oxygen atoms in total. The number of rotatable bonds is 5. The van der Waals surface area contributed by atoms with Crippen molar-refractivity contribution in [3.63, 3.8) is 0 Å². The molecule has 0 amide bonds. The van der Waals surface area contributed by atoms with Gasteiger partial charge in [-0.1, -0.05) is 18.2 Å². The molecule has 1 aliphatic rings. The zero-order valence-corrected chi connectivity index (χ0v) is 13.3. The van der Waals surface area contributed by atoms with E-state index in [-0.39, 0.29) is 0 Å². The number of nitrogens with zero attached hydrogens (tertiary/aromatic N) is 4. The van der Waals surface area contributed by atoms with Crippen LogP contribution in [0.4, 0.5) is 17.5 Å². The molecular formula is C17H23N5. The highest BCUT2D eigenvalue weighted by Crippen LogP contribution is 2.31. The average Bonchev–Trinajstić information content (AvgIpc) is 2.54. The van der Waals surface area contributed by atoms with E-state index in [1.165, 1.54) is 11.3 Å². The minimum Gasteiger partial charge on any atom is -0.369 e. The number of hydrogen-bond donors (Lipinski definition) is 1. The van der Waals surface area contributed by atoms with E-state index in [1.54, 1.807) is 0 Å². The van der Waals surface area contributed by atoms with Gasteiger partial charge in [0.05, 0.1) is 0 Å². The van der Waals surface area contributed by atoms with E-state index in [4.69, 9.17) is 0 Å². The van der Waals surface area contributed by atoms with Crippen molar-refractivity contribution in [3.05, 3.63) is 42.1 Å². The maximum Gasteiger partial charge on any atom is 0.231 e. The summed E-state index contributed by atoms with van der Waals surface area (Å²) >= 11 is 0. The van der Waals surface area contributed by atoms with Crippen molar-refractivity contribution >= 4 is 17.5 Å². The number of hydrogen-bond acceptors (Lipinski definition) is 5. The molecule has 0 unspecified atom stereocenters. The number of likely N-dealkylation sites (N-methyl/N-ethyl adjacent to an activating group) is 1. The molecule has 1 N–H and O–H groups in total. The van der Waals surface area contributed by atoms with Crippen molar-refractivity contribution in [1.82, 2.24) is 14.9 Å². The van der Waals surface area contributed by atoms with Crippen molar-refractivity contribution in [2.75, 3.05) is 43.9 Å². The summed E-state index contributed by atoms with van der Waals surface area (Å²) in [5, 5.41) is 3.36. The van der Waals surface area contributed by atoms with E-state index in [1.807, 2.05) is 12.3 Å². The molecule has 0 spiro atoms. The molecule has 0 saturated heterocycles. The first-order chi connectivity index (χ1) is 10.7. The zero-order valence-electron chi connectivity index (χ0n) is 13.3. The topological polar surface area (TPSA) is 44.3 Å². The van der Waals surface area contributed by atoms with Gasteiger partial charge < -0.3 is 15.1 Å². The third-order valence-electron chi connectivity index (χ3n) is 3.86. The number of aryl methyl sites for hydroxylation is 1. The Hall–Kier alpha value is -2.14. The van der Waals surface area contributed by atoms with Gasteiger partial charge in [0.15, 0.2) is 0 Å². The molecule has 0 saturated carbocycles. The van der Waals surface area contributed by atoms with Gasteiger partial charge in [0.1, 0.15) is 5.82 Å². The third kappa shape index (κ3) is 3.36. The van der Waals surface area contributed by atoms with Crippen LogP contribution in [0.2, 0.25) is 0 Å². The zero-order chi connectivity index (χ0) is 15.4. The largest absolute Gasteiger partial charge is 0.369 e. The van der Waals surface area contributed by atoms with Gasteiger partial charge in [-0.3, -0.25) is 0 Å². The Balaban J connectivity index is 1.78. The third-order valence-corrected chi connectivity index (χ3v) is 3.86. The van der Waals surface area contributed by atoms with Crippen LogP contribution in [0.15, 0.2) is 36.5 Å². The lowest BCUT2D eigenvalue weighted by atomic mass is 10.0. The van der Waals surface area contributed by atoms with Crippen molar-refractivity contribution in [1.29, 1.82) is 0 Å². The molecule has 116 valence electrons. The van der Waals surface area contributed by atoms with Gasteiger partial charge in [-0.05, 0) is 44.6 Å². The normalized spacial score (nSPS) is 14.0. The van der Waals surface area contributed by atoms with Crippen LogP contribution < -0.4 is 10.2 Å². The van der Waals surface area contributed by atoms with E-state index in [0.717, 1.165) is 44.2 Å². The van der Waals surface area contributed by atoms with Crippen LogP contribution in [0.3, 0.4) is 0 Å².